The SMILES string of the molecule is CC(C)(C)OC(=O)N1CCN(c2ccc(C(F)(F)F)cc2[N+](=O)[O-])[C@H](C(=O)O)C1. The molecule has 12 heteroatoms. The molecular weight excluding hydrogens is 399 g/mol. The standard InChI is InChI=1S/C17H20F3N3O6/c1-16(2,3)29-15(26)21-6-7-22(13(9-21)14(24)25)11-5-4-10(17(18,19)20)8-12(11)23(27)28/h4-5,8,13H,6-7,9H2,1-3H3,(H,24,25)/t13-/m0/s1. The number of halogens is 3. The van der Waals surface area contributed by atoms with Gasteiger partial charge in [-0.25, -0.2) is 9.59 Å². The Morgan fingerprint density at radius 2 is 1.86 bits per heavy atom. The first-order valence-electron chi connectivity index (χ1n) is 8.53. The van der Waals surface area contributed by atoms with Crippen LogP contribution in [0.1, 0.15) is 26.3 Å². The normalized spacial score (nSPS) is 17.8. The summed E-state index contributed by atoms with van der Waals surface area (Å²) >= 11 is 0. The Morgan fingerprint density at radius 1 is 1.24 bits per heavy atom. The molecule has 1 N–H and O–H groups in total. The van der Waals surface area contributed by atoms with Crippen LogP contribution in [-0.4, -0.2) is 58.3 Å². The maximum Gasteiger partial charge on any atom is 0.416 e. The van der Waals surface area contributed by atoms with Crippen LogP contribution in [0.25, 0.3) is 0 Å². The van der Waals surface area contributed by atoms with E-state index in [1.165, 1.54) is 0 Å². The van der Waals surface area contributed by atoms with Crippen molar-refractivity contribution >= 4 is 23.4 Å². The number of carbonyl (C=O) groups is 2. The van der Waals surface area contributed by atoms with E-state index in [0.717, 1.165) is 15.9 Å². The number of rotatable bonds is 3. The van der Waals surface area contributed by atoms with Gasteiger partial charge in [-0.3, -0.25) is 10.1 Å². The average molecular weight is 419 g/mol. The topological polar surface area (TPSA) is 113 Å². The molecule has 160 valence electrons. The van der Waals surface area contributed by atoms with Crippen molar-refractivity contribution in [2.75, 3.05) is 24.5 Å². The van der Waals surface area contributed by atoms with E-state index in [2.05, 4.69) is 0 Å². The van der Waals surface area contributed by atoms with Crippen LogP contribution < -0.4 is 4.90 Å². The van der Waals surface area contributed by atoms with E-state index in [9.17, 15) is 38.0 Å². The van der Waals surface area contributed by atoms with E-state index in [1.54, 1.807) is 20.8 Å². The number of piperazine rings is 1. The van der Waals surface area contributed by atoms with Gasteiger partial charge in [-0.05, 0) is 32.9 Å². The molecule has 0 spiro atoms. The van der Waals surface area contributed by atoms with Gasteiger partial charge >= 0.3 is 18.2 Å². The molecule has 0 bridgehead atoms. The number of aliphatic carboxylic acids is 1. The van der Waals surface area contributed by atoms with E-state index >= 15 is 0 Å². The van der Waals surface area contributed by atoms with Gasteiger partial charge in [0.05, 0.1) is 17.0 Å². The summed E-state index contributed by atoms with van der Waals surface area (Å²) in [6.45, 7) is 4.42. The van der Waals surface area contributed by atoms with Crippen molar-refractivity contribution in [2.45, 2.75) is 38.6 Å². The van der Waals surface area contributed by atoms with E-state index in [4.69, 9.17) is 4.74 Å². The highest BCUT2D eigenvalue weighted by molar-refractivity contribution is 5.82. The molecule has 0 radical (unpaired) electrons. The van der Waals surface area contributed by atoms with Crippen LogP contribution in [0.4, 0.5) is 29.3 Å². The minimum Gasteiger partial charge on any atom is -0.480 e. The second-order valence-electron chi connectivity index (χ2n) is 7.43. The zero-order valence-corrected chi connectivity index (χ0v) is 15.9. The lowest BCUT2D eigenvalue weighted by molar-refractivity contribution is -0.384. The summed E-state index contributed by atoms with van der Waals surface area (Å²) in [6.07, 6.45) is -5.53. The number of carboxylic acids is 1. The van der Waals surface area contributed by atoms with Gasteiger partial charge in [-0.15, -0.1) is 0 Å². The number of nitro groups is 1. The number of hydrogen-bond acceptors (Lipinski definition) is 6. The average Bonchev–Trinajstić information content (AvgIpc) is 2.58. The fourth-order valence-corrected chi connectivity index (χ4v) is 2.86. The van der Waals surface area contributed by atoms with Crippen LogP contribution in [0.3, 0.4) is 0 Å². The predicted octanol–water partition coefficient (Wildman–Crippen LogP) is 3.12. The van der Waals surface area contributed by atoms with E-state index in [-0.39, 0.29) is 25.3 Å². The summed E-state index contributed by atoms with van der Waals surface area (Å²) in [5, 5.41) is 20.9. The maximum atomic E-state index is 12.9. The first-order valence-corrected chi connectivity index (χ1v) is 8.53. The summed E-state index contributed by atoms with van der Waals surface area (Å²) in [7, 11) is 0. The maximum absolute atomic E-state index is 12.9. The number of anilines is 1. The highest BCUT2D eigenvalue weighted by Crippen LogP contribution is 2.37. The Kier molecular flexibility index (Phi) is 5.95. The Labute approximate surface area is 163 Å². The molecule has 0 unspecified atom stereocenters. The van der Waals surface area contributed by atoms with Crippen molar-refractivity contribution in [1.82, 2.24) is 4.90 Å². The third-order valence-electron chi connectivity index (χ3n) is 4.13. The largest absolute Gasteiger partial charge is 0.480 e. The van der Waals surface area contributed by atoms with Gasteiger partial charge in [-0.1, -0.05) is 0 Å². The Morgan fingerprint density at radius 3 is 2.34 bits per heavy atom. The Balaban J connectivity index is 2.36. The molecule has 1 amide bonds. The van der Waals surface area contributed by atoms with Crippen molar-refractivity contribution in [1.29, 1.82) is 0 Å². The van der Waals surface area contributed by atoms with E-state index in [1.807, 2.05) is 0 Å². The van der Waals surface area contributed by atoms with Crippen LogP contribution in [-0.2, 0) is 15.7 Å². The third-order valence-corrected chi connectivity index (χ3v) is 4.13. The minimum atomic E-state index is -4.79. The molecular formula is C17H20F3N3O6. The van der Waals surface area contributed by atoms with Gasteiger partial charge in [-0.2, -0.15) is 13.2 Å². The van der Waals surface area contributed by atoms with Gasteiger partial charge < -0.3 is 19.6 Å². The zero-order chi connectivity index (χ0) is 22.1. The van der Waals surface area contributed by atoms with E-state index in [0.29, 0.717) is 12.1 Å². The number of benzene rings is 1. The van der Waals surface area contributed by atoms with E-state index < -0.39 is 46.1 Å². The molecule has 1 aliphatic heterocycles. The molecule has 1 aliphatic rings. The monoisotopic (exact) mass is 419 g/mol. The molecule has 1 saturated heterocycles. The smallest absolute Gasteiger partial charge is 0.416 e. The Hall–Kier alpha value is -3.05. The lowest BCUT2D eigenvalue weighted by Gasteiger charge is -2.40. The first kappa shape index (κ1) is 22.2. The quantitative estimate of drug-likeness (QED) is 0.592. The highest BCUT2D eigenvalue weighted by atomic mass is 19.4. The van der Waals surface area contributed by atoms with Crippen LogP contribution in [0.15, 0.2) is 18.2 Å². The lowest BCUT2D eigenvalue weighted by Crippen LogP contribution is -2.58. The molecule has 0 aliphatic carbocycles. The fourth-order valence-electron chi connectivity index (χ4n) is 2.86. The van der Waals surface area contributed by atoms with Crippen LogP contribution >= 0.6 is 0 Å². The zero-order valence-electron chi connectivity index (χ0n) is 15.9. The van der Waals surface area contributed by atoms with Gasteiger partial charge in [0, 0.05) is 19.2 Å². The molecule has 1 fully saturated rings. The van der Waals surface area contributed by atoms with Crippen molar-refractivity contribution in [3.05, 3.63) is 33.9 Å². The molecule has 1 atom stereocenters. The molecule has 1 aromatic rings. The van der Waals surface area contributed by atoms with Gasteiger partial charge in [0.25, 0.3) is 5.69 Å². The number of hydrogen-bond donors (Lipinski definition) is 1. The number of amides is 1. The third kappa shape index (κ3) is 5.27. The summed E-state index contributed by atoms with van der Waals surface area (Å²) in [5.41, 5.74) is -3.15. The fraction of sp³-hybridized carbons (Fsp3) is 0.529. The van der Waals surface area contributed by atoms with Gasteiger partial charge in [0.15, 0.2) is 0 Å². The lowest BCUT2D eigenvalue weighted by atomic mass is 10.1. The summed E-state index contributed by atoms with van der Waals surface area (Å²) in [4.78, 5) is 36.5. The molecule has 0 saturated carbocycles. The number of carboxylic acid groups (broad SMARTS) is 1. The molecule has 2 rings (SSSR count). The Bertz CT molecular complexity index is 822. The summed E-state index contributed by atoms with van der Waals surface area (Å²) in [5.74, 6) is -1.38. The summed E-state index contributed by atoms with van der Waals surface area (Å²) < 4.78 is 43.9. The molecule has 1 aromatic carbocycles. The number of alkyl halides is 3. The van der Waals surface area contributed by atoms with Crippen molar-refractivity contribution in [3.8, 4) is 0 Å². The van der Waals surface area contributed by atoms with Gasteiger partial charge in [0.1, 0.15) is 17.3 Å². The summed E-state index contributed by atoms with van der Waals surface area (Å²) in [6, 6.07) is 0.502. The van der Waals surface area contributed by atoms with Crippen molar-refractivity contribution in [2.24, 2.45) is 0 Å². The predicted molar refractivity (Wildman–Crippen MR) is 94.7 cm³/mol. The molecule has 29 heavy (non-hydrogen) atoms. The highest BCUT2D eigenvalue weighted by Gasteiger charge is 2.40. The second kappa shape index (κ2) is 7.76. The number of ether oxygens (including phenoxy) is 1. The number of carbonyl (C=O) groups excluding carboxylic acids is 1. The first-order chi connectivity index (χ1) is 13.2. The van der Waals surface area contributed by atoms with Crippen molar-refractivity contribution in [3.63, 3.8) is 0 Å². The van der Waals surface area contributed by atoms with Gasteiger partial charge in [0.2, 0.25) is 0 Å². The molecule has 0 aromatic heterocycles. The molecule has 1 heterocycles. The molecule has 9 nitrogen and oxygen atoms in total. The minimum absolute atomic E-state index is 0.0170. The van der Waals surface area contributed by atoms with Crippen LogP contribution in [0.2, 0.25) is 0 Å². The van der Waals surface area contributed by atoms with Crippen LogP contribution in [0.5, 0.6) is 0 Å². The second-order valence-corrected chi connectivity index (χ2v) is 7.43. The number of nitrogens with zero attached hydrogens (tertiary/aromatic N) is 3. The number of nitro benzene ring substituents is 1. The van der Waals surface area contributed by atoms with Crippen LogP contribution in [0, 0.1) is 10.1 Å². The van der Waals surface area contributed by atoms with Crippen molar-refractivity contribution < 1.29 is 37.5 Å².